The largest absolute Gasteiger partial charge is 0.493 e. The number of hydrogen-bond donors (Lipinski definition) is 3. The van der Waals surface area contributed by atoms with Crippen LogP contribution in [0.1, 0.15) is 16.1 Å². The minimum absolute atomic E-state index is 0.292. The second-order valence-corrected chi connectivity index (χ2v) is 8.73. The number of nitrogens with one attached hydrogen (secondary N) is 2. The van der Waals surface area contributed by atoms with Gasteiger partial charge in [0.05, 0.1) is 24.4 Å². The maximum Gasteiger partial charge on any atom is 0.251 e. The zero-order valence-electron chi connectivity index (χ0n) is 21.3. The van der Waals surface area contributed by atoms with Crippen LogP contribution in [0.5, 0.6) is 17.4 Å². The lowest BCUT2D eigenvalue weighted by Gasteiger charge is -2.17. The Balaban J connectivity index is 1.67. The molecule has 0 bridgehead atoms. The first-order valence-electron chi connectivity index (χ1n) is 12.0. The number of primary amides is 1. The number of ether oxygens (including phenoxy) is 2. The molecule has 5 aromatic rings. The number of carbonyl (C=O) groups excluding carboxylic acids is 2. The molecule has 0 aliphatic carbocycles. The molecule has 0 spiro atoms. The highest BCUT2D eigenvalue weighted by atomic mass is 16.5. The number of aryl methyl sites for hydroxylation is 1. The molecule has 0 aliphatic heterocycles. The number of aromatic nitrogens is 3. The van der Waals surface area contributed by atoms with E-state index >= 15 is 0 Å². The minimum atomic E-state index is -0.612. The summed E-state index contributed by atoms with van der Waals surface area (Å²) in [6, 6.07) is 20.1. The molecule has 0 aliphatic rings. The smallest absolute Gasteiger partial charge is 0.251 e. The molecular weight excluding hydrogens is 494 g/mol. The van der Waals surface area contributed by atoms with Crippen LogP contribution in [0.3, 0.4) is 0 Å². The van der Waals surface area contributed by atoms with E-state index in [0.29, 0.717) is 45.3 Å². The number of carbonyl (C=O) groups is 2. The van der Waals surface area contributed by atoms with Gasteiger partial charge in [-0.15, -0.1) is 0 Å². The van der Waals surface area contributed by atoms with Gasteiger partial charge < -0.3 is 20.5 Å². The van der Waals surface area contributed by atoms with Gasteiger partial charge in [0, 0.05) is 28.4 Å². The number of aromatic amines is 1. The summed E-state index contributed by atoms with van der Waals surface area (Å²) in [5.41, 5.74) is 11.0. The molecule has 2 heterocycles. The molecule has 194 valence electrons. The molecule has 0 saturated carbocycles. The molecular formula is C30H25N5O4. The normalized spacial score (nSPS) is 10.7. The molecule has 2 amide bonds. The highest BCUT2D eigenvalue weighted by molar-refractivity contribution is 6.14. The van der Waals surface area contributed by atoms with Crippen molar-refractivity contribution in [3.05, 3.63) is 96.8 Å². The summed E-state index contributed by atoms with van der Waals surface area (Å²) >= 11 is 0. The van der Waals surface area contributed by atoms with Crippen LogP contribution < -0.4 is 20.5 Å². The van der Waals surface area contributed by atoms with Gasteiger partial charge in [-0.3, -0.25) is 14.7 Å². The molecule has 4 N–H and O–H groups in total. The summed E-state index contributed by atoms with van der Waals surface area (Å²) < 4.78 is 11.6. The zero-order valence-corrected chi connectivity index (χ0v) is 21.3. The van der Waals surface area contributed by atoms with Crippen LogP contribution in [0, 0.1) is 6.92 Å². The maximum absolute atomic E-state index is 12.8. The Morgan fingerprint density at radius 1 is 1.03 bits per heavy atom. The average Bonchev–Trinajstić information content (AvgIpc) is 3.41. The molecule has 5 rings (SSSR count). The van der Waals surface area contributed by atoms with Gasteiger partial charge in [-0.2, -0.15) is 5.10 Å². The third kappa shape index (κ3) is 5.05. The fraction of sp³-hybridized carbons (Fsp3) is 0.0667. The number of benzene rings is 3. The number of amides is 2. The SMILES string of the molecule is C=CC(=O)Nc1ccc(-c2cc3cn[nH]c3c(C(N)=O)c2-c2ccc(Oc3cccc(C)n3)c(OC)c2)cc1. The van der Waals surface area contributed by atoms with Gasteiger partial charge in [-0.1, -0.05) is 30.8 Å². The van der Waals surface area contributed by atoms with Gasteiger partial charge in [-0.25, -0.2) is 4.98 Å². The topological polar surface area (TPSA) is 132 Å². The molecule has 0 radical (unpaired) electrons. The summed E-state index contributed by atoms with van der Waals surface area (Å²) in [5.74, 6) is 0.423. The first-order valence-corrected chi connectivity index (χ1v) is 12.0. The van der Waals surface area contributed by atoms with Crippen LogP contribution in [0.15, 0.2) is 85.6 Å². The molecule has 0 atom stereocenters. The third-order valence-electron chi connectivity index (χ3n) is 6.16. The number of fused-ring (bicyclic) bond motifs is 1. The minimum Gasteiger partial charge on any atom is -0.493 e. The first-order chi connectivity index (χ1) is 18.9. The summed E-state index contributed by atoms with van der Waals surface area (Å²) in [6.45, 7) is 5.36. The fourth-order valence-electron chi connectivity index (χ4n) is 4.39. The van der Waals surface area contributed by atoms with Gasteiger partial charge in [0.15, 0.2) is 11.5 Å². The van der Waals surface area contributed by atoms with E-state index in [-0.39, 0.29) is 5.91 Å². The van der Waals surface area contributed by atoms with Crippen molar-refractivity contribution in [3.8, 4) is 39.6 Å². The van der Waals surface area contributed by atoms with Crippen LogP contribution in [0.4, 0.5) is 5.69 Å². The van der Waals surface area contributed by atoms with Crippen molar-refractivity contribution < 1.29 is 19.1 Å². The number of nitrogens with zero attached hydrogens (tertiary/aromatic N) is 2. The lowest BCUT2D eigenvalue weighted by Crippen LogP contribution is -2.14. The van der Waals surface area contributed by atoms with Crippen molar-refractivity contribution in [1.82, 2.24) is 15.2 Å². The van der Waals surface area contributed by atoms with Crippen molar-refractivity contribution in [3.63, 3.8) is 0 Å². The molecule has 0 fully saturated rings. The van der Waals surface area contributed by atoms with E-state index in [0.717, 1.165) is 22.2 Å². The van der Waals surface area contributed by atoms with Crippen LogP contribution in [-0.4, -0.2) is 34.1 Å². The number of rotatable bonds is 8. The van der Waals surface area contributed by atoms with Gasteiger partial charge in [0.2, 0.25) is 11.8 Å². The Bertz CT molecular complexity index is 1720. The van der Waals surface area contributed by atoms with Crippen molar-refractivity contribution in [1.29, 1.82) is 0 Å². The molecule has 0 unspecified atom stereocenters. The van der Waals surface area contributed by atoms with Crippen LogP contribution in [0.25, 0.3) is 33.2 Å². The van der Waals surface area contributed by atoms with Gasteiger partial charge in [0.1, 0.15) is 0 Å². The van der Waals surface area contributed by atoms with E-state index < -0.39 is 5.91 Å². The van der Waals surface area contributed by atoms with Crippen molar-refractivity contribution >= 4 is 28.4 Å². The monoisotopic (exact) mass is 519 g/mol. The quantitative estimate of drug-likeness (QED) is 0.228. The molecule has 39 heavy (non-hydrogen) atoms. The summed E-state index contributed by atoms with van der Waals surface area (Å²) in [6.07, 6.45) is 2.84. The van der Waals surface area contributed by atoms with E-state index in [1.54, 1.807) is 43.6 Å². The highest BCUT2D eigenvalue weighted by Crippen LogP contribution is 2.42. The van der Waals surface area contributed by atoms with E-state index in [1.807, 2.05) is 43.3 Å². The summed E-state index contributed by atoms with van der Waals surface area (Å²) in [5, 5.41) is 10.5. The van der Waals surface area contributed by atoms with Gasteiger partial charge >= 0.3 is 0 Å². The number of H-pyrrole nitrogens is 1. The van der Waals surface area contributed by atoms with Crippen molar-refractivity contribution in [2.24, 2.45) is 5.73 Å². The highest BCUT2D eigenvalue weighted by Gasteiger charge is 2.23. The Labute approximate surface area is 224 Å². The molecule has 3 aromatic carbocycles. The summed E-state index contributed by atoms with van der Waals surface area (Å²) in [4.78, 5) is 29.0. The lowest BCUT2D eigenvalue weighted by atomic mass is 9.88. The van der Waals surface area contributed by atoms with Crippen LogP contribution in [-0.2, 0) is 4.79 Å². The number of pyridine rings is 1. The third-order valence-corrected chi connectivity index (χ3v) is 6.16. The van der Waals surface area contributed by atoms with Gasteiger partial charge in [0.25, 0.3) is 5.91 Å². The average molecular weight is 520 g/mol. The van der Waals surface area contributed by atoms with Crippen LogP contribution >= 0.6 is 0 Å². The second-order valence-electron chi connectivity index (χ2n) is 8.73. The number of methoxy groups -OCH3 is 1. The summed E-state index contributed by atoms with van der Waals surface area (Å²) in [7, 11) is 1.54. The van der Waals surface area contributed by atoms with E-state index in [4.69, 9.17) is 15.2 Å². The predicted octanol–water partition coefficient (Wildman–Crippen LogP) is 5.62. The van der Waals surface area contributed by atoms with Crippen molar-refractivity contribution in [2.75, 3.05) is 12.4 Å². The van der Waals surface area contributed by atoms with E-state index in [1.165, 1.54) is 6.08 Å². The number of nitrogens with two attached hydrogens (primary N) is 1. The Morgan fingerprint density at radius 3 is 2.49 bits per heavy atom. The molecule has 9 heteroatoms. The van der Waals surface area contributed by atoms with E-state index in [9.17, 15) is 9.59 Å². The Hall–Kier alpha value is -5.44. The molecule has 2 aromatic heterocycles. The second kappa shape index (κ2) is 10.5. The number of anilines is 1. The van der Waals surface area contributed by atoms with Gasteiger partial charge in [-0.05, 0) is 66.1 Å². The lowest BCUT2D eigenvalue weighted by molar-refractivity contribution is -0.111. The van der Waals surface area contributed by atoms with Crippen molar-refractivity contribution in [2.45, 2.75) is 6.92 Å². The maximum atomic E-state index is 12.8. The number of hydrogen-bond acceptors (Lipinski definition) is 6. The van der Waals surface area contributed by atoms with E-state index in [2.05, 4.69) is 27.1 Å². The standard InChI is InChI=1S/C30H25N5O4/c1-4-25(36)34-21-11-8-18(9-12-21)22-14-20-16-32-35-29(20)28(30(31)37)27(22)19-10-13-23(24(15-19)38-3)39-26-7-5-6-17(2)33-26/h4-16H,1H2,2-3H3,(H2,31,37)(H,32,35)(H,34,36). The molecule has 0 saturated heterocycles. The fourth-order valence-corrected chi connectivity index (χ4v) is 4.39. The first kappa shape index (κ1) is 25.2. The Kier molecular flexibility index (Phi) is 6.79. The Morgan fingerprint density at radius 2 is 1.79 bits per heavy atom. The zero-order chi connectivity index (χ0) is 27.5. The predicted molar refractivity (Wildman–Crippen MR) is 150 cm³/mol. The molecule has 9 nitrogen and oxygen atoms in total. The van der Waals surface area contributed by atoms with Crippen LogP contribution in [0.2, 0.25) is 0 Å².